The number of benzene rings is 3. The summed E-state index contributed by atoms with van der Waals surface area (Å²) in [5.74, 6) is 1.20. The molecule has 1 amide bonds. The Hall–Kier alpha value is -3.31. The minimum absolute atomic E-state index is 0.463. The highest BCUT2D eigenvalue weighted by atomic mass is 16.6. The summed E-state index contributed by atoms with van der Waals surface area (Å²) in [5, 5.41) is 13.9. The van der Waals surface area contributed by atoms with Crippen LogP contribution in [0.1, 0.15) is 36.8 Å². The first-order chi connectivity index (χ1) is 15.2. The van der Waals surface area contributed by atoms with Crippen LogP contribution in [0.5, 0.6) is 11.5 Å². The Morgan fingerprint density at radius 3 is 2.26 bits per heavy atom. The molecule has 0 heterocycles. The molecule has 5 heteroatoms. The van der Waals surface area contributed by atoms with Gasteiger partial charge in [0.15, 0.2) is 0 Å². The standard InChI is InChI=1S/C26H27NO4/c28-24-13-7-8-18-26(24,27-25(29)31-23-11-5-2-6-12-23)21-14-16-22(17-15-21)30-19-20-9-3-1-4-10-20/h1-6,9-12,14-17,24,28H,7-8,13,18-19H2,(H,27,29). The van der Waals surface area contributed by atoms with Crippen LogP contribution in [0.15, 0.2) is 84.9 Å². The van der Waals surface area contributed by atoms with Gasteiger partial charge in [0.25, 0.3) is 0 Å². The summed E-state index contributed by atoms with van der Waals surface area (Å²) in [6.07, 6.45) is 1.84. The van der Waals surface area contributed by atoms with Crippen LogP contribution in [0.2, 0.25) is 0 Å². The van der Waals surface area contributed by atoms with Gasteiger partial charge in [0.05, 0.1) is 11.6 Å². The second kappa shape index (κ2) is 9.67. The number of carbonyl (C=O) groups is 1. The molecule has 1 saturated carbocycles. The summed E-state index contributed by atoms with van der Waals surface area (Å²) in [7, 11) is 0. The summed E-state index contributed by atoms with van der Waals surface area (Å²) >= 11 is 0. The van der Waals surface area contributed by atoms with Crippen LogP contribution in [0.4, 0.5) is 4.79 Å². The van der Waals surface area contributed by atoms with Gasteiger partial charge in [-0.25, -0.2) is 4.79 Å². The lowest BCUT2D eigenvalue weighted by Gasteiger charge is -2.42. The molecule has 2 atom stereocenters. The maximum absolute atomic E-state index is 12.7. The Labute approximate surface area is 182 Å². The molecule has 1 aliphatic carbocycles. The summed E-state index contributed by atoms with van der Waals surface area (Å²) < 4.78 is 11.3. The number of aliphatic hydroxyl groups is 1. The molecule has 160 valence electrons. The van der Waals surface area contributed by atoms with E-state index in [9.17, 15) is 9.90 Å². The second-order valence-corrected chi connectivity index (χ2v) is 7.86. The monoisotopic (exact) mass is 417 g/mol. The lowest BCUT2D eigenvalue weighted by molar-refractivity contribution is 0.0228. The van der Waals surface area contributed by atoms with Gasteiger partial charge in [-0.1, -0.05) is 73.5 Å². The summed E-state index contributed by atoms with van der Waals surface area (Å²) in [6, 6.07) is 26.5. The summed E-state index contributed by atoms with van der Waals surface area (Å²) in [6.45, 7) is 0.482. The predicted octanol–water partition coefficient (Wildman–Crippen LogP) is 5.18. The van der Waals surface area contributed by atoms with Crippen LogP contribution in [0.3, 0.4) is 0 Å². The number of aliphatic hydroxyl groups excluding tert-OH is 1. The number of hydrogen-bond donors (Lipinski definition) is 2. The van der Waals surface area contributed by atoms with E-state index in [-0.39, 0.29) is 0 Å². The first-order valence-electron chi connectivity index (χ1n) is 10.7. The van der Waals surface area contributed by atoms with E-state index in [1.807, 2.05) is 72.8 Å². The molecule has 2 unspecified atom stereocenters. The molecule has 2 N–H and O–H groups in total. The molecule has 0 saturated heterocycles. The van der Waals surface area contributed by atoms with E-state index in [1.165, 1.54) is 0 Å². The van der Waals surface area contributed by atoms with Gasteiger partial charge in [0.2, 0.25) is 0 Å². The van der Waals surface area contributed by atoms with Crippen molar-refractivity contribution in [1.82, 2.24) is 5.32 Å². The van der Waals surface area contributed by atoms with Crippen LogP contribution in [0.25, 0.3) is 0 Å². The van der Waals surface area contributed by atoms with Crippen molar-refractivity contribution in [2.45, 2.75) is 43.9 Å². The van der Waals surface area contributed by atoms with Crippen molar-refractivity contribution in [2.24, 2.45) is 0 Å². The van der Waals surface area contributed by atoms with Crippen molar-refractivity contribution >= 4 is 6.09 Å². The van der Waals surface area contributed by atoms with Gasteiger partial charge in [-0.2, -0.15) is 0 Å². The van der Waals surface area contributed by atoms with E-state index in [2.05, 4.69) is 5.32 Å². The fourth-order valence-corrected chi connectivity index (χ4v) is 4.10. The molecule has 3 aromatic carbocycles. The minimum Gasteiger partial charge on any atom is -0.489 e. The van der Waals surface area contributed by atoms with Crippen LogP contribution in [-0.4, -0.2) is 17.3 Å². The zero-order chi connectivity index (χ0) is 21.5. The van der Waals surface area contributed by atoms with Crippen molar-refractivity contribution in [3.05, 3.63) is 96.1 Å². The Morgan fingerprint density at radius 2 is 1.58 bits per heavy atom. The Kier molecular flexibility index (Phi) is 6.53. The van der Waals surface area contributed by atoms with E-state index >= 15 is 0 Å². The quantitative estimate of drug-likeness (QED) is 0.580. The molecule has 0 aliphatic heterocycles. The highest BCUT2D eigenvalue weighted by molar-refractivity contribution is 5.72. The summed E-state index contributed by atoms with van der Waals surface area (Å²) in [4.78, 5) is 12.7. The highest BCUT2D eigenvalue weighted by Crippen LogP contribution is 2.38. The number of nitrogens with one attached hydrogen (secondary N) is 1. The van der Waals surface area contributed by atoms with Crippen LogP contribution >= 0.6 is 0 Å². The van der Waals surface area contributed by atoms with Crippen molar-refractivity contribution in [3.8, 4) is 11.5 Å². The Bertz CT molecular complexity index is 975. The molecule has 1 fully saturated rings. The maximum atomic E-state index is 12.7. The van der Waals surface area contributed by atoms with Crippen molar-refractivity contribution in [2.75, 3.05) is 0 Å². The van der Waals surface area contributed by atoms with Crippen molar-refractivity contribution < 1.29 is 19.4 Å². The lowest BCUT2D eigenvalue weighted by atomic mass is 9.74. The van der Waals surface area contributed by atoms with Gasteiger partial charge < -0.3 is 19.9 Å². The highest BCUT2D eigenvalue weighted by Gasteiger charge is 2.43. The molecule has 0 radical (unpaired) electrons. The minimum atomic E-state index is -0.887. The molecule has 5 nitrogen and oxygen atoms in total. The summed E-state index contributed by atoms with van der Waals surface area (Å²) in [5.41, 5.74) is 1.05. The average molecular weight is 418 g/mol. The smallest absolute Gasteiger partial charge is 0.413 e. The predicted molar refractivity (Wildman–Crippen MR) is 119 cm³/mol. The fraction of sp³-hybridized carbons (Fsp3) is 0.269. The number of rotatable bonds is 6. The van der Waals surface area contributed by atoms with Gasteiger partial charge in [0.1, 0.15) is 18.1 Å². The Morgan fingerprint density at radius 1 is 0.903 bits per heavy atom. The van der Waals surface area contributed by atoms with Crippen LogP contribution < -0.4 is 14.8 Å². The molecule has 0 spiro atoms. The third-order valence-corrected chi connectivity index (χ3v) is 5.76. The number of amides is 1. The van der Waals surface area contributed by atoms with E-state index in [1.54, 1.807) is 12.1 Å². The molecule has 31 heavy (non-hydrogen) atoms. The van der Waals surface area contributed by atoms with E-state index < -0.39 is 17.7 Å². The number of para-hydroxylation sites is 1. The van der Waals surface area contributed by atoms with Gasteiger partial charge in [0, 0.05) is 0 Å². The SMILES string of the molecule is O=C(NC1(c2ccc(OCc3ccccc3)cc2)CCCCC1O)Oc1ccccc1. The van der Waals surface area contributed by atoms with Crippen molar-refractivity contribution in [3.63, 3.8) is 0 Å². The number of ether oxygens (including phenoxy) is 2. The van der Waals surface area contributed by atoms with Crippen LogP contribution in [-0.2, 0) is 12.1 Å². The molecule has 0 bridgehead atoms. The molecular formula is C26H27NO4. The van der Waals surface area contributed by atoms with Crippen LogP contribution in [0, 0.1) is 0 Å². The zero-order valence-electron chi connectivity index (χ0n) is 17.4. The van der Waals surface area contributed by atoms with E-state index in [4.69, 9.17) is 9.47 Å². The Balaban J connectivity index is 1.49. The normalized spacial score (nSPS) is 20.6. The molecular weight excluding hydrogens is 390 g/mol. The first kappa shape index (κ1) is 20.9. The topological polar surface area (TPSA) is 67.8 Å². The van der Waals surface area contributed by atoms with E-state index in [0.717, 1.165) is 29.7 Å². The first-order valence-corrected chi connectivity index (χ1v) is 10.7. The average Bonchev–Trinajstić information content (AvgIpc) is 2.81. The lowest BCUT2D eigenvalue weighted by Crippen LogP contribution is -2.56. The van der Waals surface area contributed by atoms with Crippen molar-refractivity contribution in [1.29, 1.82) is 0 Å². The second-order valence-electron chi connectivity index (χ2n) is 7.86. The molecule has 3 aromatic rings. The van der Waals surface area contributed by atoms with Gasteiger partial charge in [-0.3, -0.25) is 0 Å². The largest absolute Gasteiger partial charge is 0.489 e. The molecule has 0 aromatic heterocycles. The zero-order valence-corrected chi connectivity index (χ0v) is 17.4. The number of carbonyl (C=O) groups excluding carboxylic acids is 1. The molecule has 4 rings (SSSR count). The van der Waals surface area contributed by atoms with Gasteiger partial charge in [-0.15, -0.1) is 0 Å². The van der Waals surface area contributed by atoms with Gasteiger partial charge in [-0.05, 0) is 48.2 Å². The third kappa shape index (κ3) is 5.06. The third-order valence-electron chi connectivity index (χ3n) is 5.76. The van der Waals surface area contributed by atoms with E-state index in [0.29, 0.717) is 25.2 Å². The molecule has 1 aliphatic rings. The van der Waals surface area contributed by atoms with Gasteiger partial charge >= 0.3 is 6.09 Å². The maximum Gasteiger partial charge on any atom is 0.413 e. The fourth-order valence-electron chi connectivity index (χ4n) is 4.10. The number of hydrogen-bond acceptors (Lipinski definition) is 4.